The van der Waals surface area contributed by atoms with E-state index in [0.29, 0.717) is 5.02 Å². The molecule has 0 spiro atoms. The molecule has 0 aliphatic heterocycles. The molecule has 0 fully saturated rings. The van der Waals surface area contributed by atoms with Gasteiger partial charge in [-0.2, -0.15) is 0 Å². The highest BCUT2D eigenvalue weighted by molar-refractivity contribution is 7.99. The molecule has 3 nitrogen and oxygen atoms in total. The first kappa shape index (κ1) is 17.1. The van der Waals surface area contributed by atoms with Crippen molar-refractivity contribution in [3.05, 3.63) is 72.1 Å². The number of fused-ring (bicyclic) bond motifs is 1. The monoisotopic (exact) mass is 379 g/mol. The Hall–Kier alpha value is -2.30. The lowest BCUT2D eigenvalue weighted by Gasteiger charge is -2.06. The standard InChI is InChI=1S/C21H18ClN3S/c1-2-11-26-21-19-18(15-7-4-3-5-8-15)13-25(20(19)23-14-24-21)17-10-6-9-16(22)12-17/h3-10,12-14H,2,11H2,1H3. The largest absolute Gasteiger partial charge is 0.301 e. The third-order valence-corrected chi connectivity index (χ3v) is 5.59. The molecule has 0 unspecified atom stereocenters. The highest BCUT2D eigenvalue weighted by atomic mass is 35.5. The van der Waals surface area contributed by atoms with E-state index < -0.39 is 0 Å². The number of thioether (sulfide) groups is 1. The van der Waals surface area contributed by atoms with Gasteiger partial charge in [0.2, 0.25) is 0 Å². The molecule has 0 saturated heterocycles. The molecule has 5 heteroatoms. The van der Waals surface area contributed by atoms with Crippen LogP contribution in [0.25, 0.3) is 27.8 Å². The Morgan fingerprint density at radius 1 is 1.04 bits per heavy atom. The fraction of sp³-hybridized carbons (Fsp3) is 0.143. The first-order chi connectivity index (χ1) is 12.8. The SMILES string of the molecule is CCCSc1ncnc2c1c(-c1ccccc1)cn2-c1cccc(Cl)c1. The molecule has 0 bridgehead atoms. The topological polar surface area (TPSA) is 30.7 Å². The maximum Gasteiger partial charge on any atom is 0.149 e. The van der Waals surface area contributed by atoms with E-state index >= 15 is 0 Å². The summed E-state index contributed by atoms with van der Waals surface area (Å²) in [5, 5.41) is 2.83. The van der Waals surface area contributed by atoms with Crippen LogP contribution in [0.4, 0.5) is 0 Å². The Balaban J connectivity index is 2.00. The first-order valence-electron chi connectivity index (χ1n) is 8.58. The predicted molar refractivity (Wildman–Crippen MR) is 110 cm³/mol. The summed E-state index contributed by atoms with van der Waals surface area (Å²) in [6, 6.07) is 18.2. The summed E-state index contributed by atoms with van der Waals surface area (Å²) in [5.74, 6) is 1.03. The summed E-state index contributed by atoms with van der Waals surface area (Å²) in [4.78, 5) is 9.17. The molecule has 0 saturated carbocycles. The lowest BCUT2D eigenvalue weighted by molar-refractivity contribution is 1.04. The van der Waals surface area contributed by atoms with Crippen LogP contribution < -0.4 is 0 Å². The molecule has 0 aliphatic carbocycles. The van der Waals surface area contributed by atoms with E-state index in [1.807, 2.05) is 30.3 Å². The lowest BCUT2D eigenvalue weighted by atomic mass is 10.1. The number of halogens is 1. The van der Waals surface area contributed by atoms with Crippen molar-refractivity contribution >= 4 is 34.4 Å². The molecule has 0 radical (unpaired) electrons. The molecular weight excluding hydrogens is 362 g/mol. The molecule has 4 rings (SSSR count). The third-order valence-electron chi connectivity index (χ3n) is 4.16. The number of nitrogens with zero attached hydrogens (tertiary/aromatic N) is 3. The minimum absolute atomic E-state index is 0.709. The molecule has 26 heavy (non-hydrogen) atoms. The molecule has 0 N–H and O–H groups in total. The number of benzene rings is 2. The fourth-order valence-corrected chi connectivity index (χ4v) is 4.05. The summed E-state index contributed by atoms with van der Waals surface area (Å²) in [6.07, 6.45) is 4.89. The van der Waals surface area contributed by atoms with Crippen LogP contribution in [-0.4, -0.2) is 20.3 Å². The Bertz CT molecular complexity index is 1040. The first-order valence-corrected chi connectivity index (χ1v) is 9.94. The van der Waals surface area contributed by atoms with Crippen LogP contribution in [0.3, 0.4) is 0 Å². The van der Waals surface area contributed by atoms with E-state index in [1.54, 1.807) is 18.1 Å². The number of hydrogen-bond donors (Lipinski definition) is 0. The molecule has 130 valence electrons. The maximum atomic E-state index is 6.22. The fourth-order valence-electron chi connectivity index (χ4n) is 3.00. The van der Waals surface area contributed by atoms with Crippen molar-refractivity contribution in [2.24, 2.45) is 0 Å². The minimum atomic E-state index is 0.709. The molecular formula is C21H18ClN3S. The predicted octanol–water partition coefficient (Wildman–Crippen LogP) is 6.24. The smallest absolute Gasteiger partial charge is 0.149 e. The van der Waals surface area contributed by atoms with Crippen LogP contribution >= 0.6 is 23.4 Å². The highest BCUT2D eigenvalue weighted by Gasteiger charge is 2.17. The van der Waals surface area contributed by atoms with Gasteiger partial charge in [0.05, 0.1) is 5.39 Å². The van der Waals surface area contributed by atoms with Gasteiger partial charge >= 0.3 is 0 Å². The van der Waals surface area contributed by atoms with E-state index in [-0.39, 0.29) is 0 Å². The second kappa shape index (κ2) is 7.52. The Labute approximate surface area is 162 Å². The van der Waals surface area contributed by atoms with Gasteiger partial charge in [-0.1, -0.05) is 54.9 Å². The van der Waals surface area contributed by atoms with Gasteiger partial charge in [0, 0.05) is 22.5 Å². The van der Waals surface area contributed by atoms with Crippen LogP contribution in [0.1, 0.15) is 13.3 Å². The van der Waals surface area contributed by atoms with Crippen molar-refractivity contribution in [3.63, 3.8) is 0 Å². The summed E-state index contributed by atoms with van der Waals surface area (Å²) in [5.41, 5.74) is 4.20. The van der Waals surface area contributed by atoms with E-state index in [1.165, 1.54) is 0 Å². The molecule has 0 atom stereocenters. The van der Waals surface area contributed by atoms with Crippen LogP contribution in [0.5, 0.6) is 0 Å². The zero-order valence-corrected chi connectivity index (χ0v) is 16.0. The van der Waals surface area contributed by atoms with Crippen LogP contribution in [0.15, 0.2) is 72.1 Å². The second-order valence-corrected chi connectivity index (χ2v) is 7.50. The molecule has 4 aromatic rings. The maximum absolute atomic E-state index is 6.22. The van der Waals surface area contributed by atoms with Gasteiger partial charge in [-0.25, -0.2) is 9.97 Å². The summed E-state index contributed by atoms with van der Waals surface area (Å²) in [6.45, 7) is 2.18. The summed E-state index contributed by atoms with van der Waals surface area (Å²) >= 11 is 8.00. The normalized spacial score (nSPS) is 11.2. The van der Waals surface area contributed by atoms with Gasteiger partial charge in [-0.3, -0.25) is 0 Å². The van der Waals surface area contributed by atoms with Gasteiger partial charge in [0.25, 0.3) is 0 Å². The average Bonchev–Trinajstić information content (AvgIpc) is 3.07. The highest BCUT2D eigenvalue weighted by Crippen LogP contribution is 2.37. The zero-order valence-electron chi connectivity index (χ0n) is 14.4. The molecule has 2 aromatic heterocycles. The van der Waals surface area contributed by atoms with Gasteiger partial charge in [-0.15, -0.1) is 11.8 Å². The second-order valence-electron chi connectivity index (χ2n) is 5.98. The minimum Gasteiger partial charge on any atom is -0.301 e. The van der Waals surface area contributed by atoms with Gasteiger partial charge < -0.3 is 4.57 Å². The van der Waals surface area contributed by atoms with Crippen molar-refractivity contribution in [1.82, 2.24) is 14.5 Å². The van der Waals surface area contributed by atoms with Gasteiger partial charge in [-0.05, 0) is 35.9 Å². The number of rotatable bonds is 5. The summed E-state index contributed by atoms with van der Waals surface area (Å²) in [7, 11) is 0. The van der Waals surface area contributed by atoms with Crippen molar-refractivity contribution in [3.8, 4) is 16.8 Å². The molecule has 0 amide bonds. The number of hydrogen-bond acceptors (Lipinski definition) is 3. The van der Waals surface area contributed by atoms with Crippen molar-refractivity contribution < 1.29 is 0 Å². The molecule has 2 heterocycles. The number of aromatic nitrogens is 3. The van der Waals surface area contributed by atoms with Gasteiger partial charge in [0.1, 0.15) is 17.0 Å². The Morgan fingerprint density at radius 3 is 2.65 bits per heavy atom. The summed E-state index contributed by atoms with van der Waals surface area (Å²) < 4.78 is 2.10. The van der Waals surface area contributed by atoms with E-state index in [9.17, 15) is 0 Å². The molecule has 0 aliphatic rings. The van der Waals surface area contributed by atoms with Crippen molar-refractivity contribution in [2.45, 2.75) is 18.4 Å². The van der Waals surface area contributed by atoms with Crippen molar-refractivity contribution in [2.75, 3.05) is 5.75 Å². The van der Waals surface area contributed by atoms with Crippen molar-refractivity contribution in [1.29, 1.82) is 0 Å². The average molecular weight is 380 g/mol. The van der Waals surface area contributed by atoms with Crippen LogP contribution in [0.2, 0.25) is 5.02 Å². The Kier molecular flexibility index (Phi) is 4.96. The third kappa shape index (κ3) is 3.22. The van der Waals surface area contributed by atoms with Gasteiger partial charge in [0.15, 0.2) is 0 Å². The molecule has 2 aromatic carbocycles. The van der Waals surface area contributed by atoms with E-state index in [0.717, 1.165) is 45.0 Å². The zero-order chi connectivity index (χ0) is 17.9. The quantitative estimate of drug-likeness (QED) is 0.303. The van der Waals surface area contributed by atoms with E-state index in [4.69, 9.17) is 11.6 Å². The Morgan fingerprint density at radius 2 is 1.88 bits per heavy atom. The lowest BCUT2D eigenvalue weighted by Crippen LogP contribution is -1.95. The van der Waals surface area contributed by atoms with Crippen LogP contribution in [-0.2, 0) is 0 Å². The van der Waals surface area contributed by atoms with Crippen LogP contribution in [0, 0.1) is 0 Å². The van der Waals surface area contributed by atoms with E-state index in [2.05, 4.69) is 51.9 Å².